The summed E-state index contributed by atoms with van der Waals surface area (Å²) >= 11 is 7.46. The summed E-state index contributed by atoms with van der Waals surface area (Å²) in [4.78, 5) is 34.8. The lowest BCUT2D eigenvalue weighted by molar-refractivity contribution is -0.134. The number of carbonyl (C=O) groups excluding carboxylic acids is 2. The second-order valence-corrected chi connectivity index (χ2v) is 9.09. The molecule has 10 nitrogen and oxygen atoms in total. The SMILES string of the molecule is CSc1nc2nc(C)cc(OCC3CN(C(=O)C=Cc4ccc(Cl)cc4NC(C)=O)CCO3)n2n1. The van der Waals surface area contributed by atoms with Crippen LogP contribution in [0.2, 0.25) is 5.02 Å². The van der Waals surface area contributed by atoms with Crippen molar-refractivity contribution in [2.24, 2.45) is 0 Å². The van der Waals surface area contributed by atoms with Gasteiger partial charge in [-0.1, -0.05) is 29.4 Å². The van der Waals surface area contributed by atoms with E-state index in [1.54, 1.807) is 39.8 Å². The van der Waals surface area contributed by atoms with E-state index < -0.39 is 0 Å². The first-order valence-electron chi connectivity index (χ1n) is 10.9. The fourth-order valence-electron chi connectivity index (χ4n) is 3.56. The highest BCUT2D eigenvalue weighted by atomic mass is 35.5. The van der Waals surface area contributed by atoms with Crippen molar-refractivity contribution in [3.63, 3.8) is 0 Å². The highest BCUT2D eigenvalue weighted by Crippen LogP contribution is 2.23. The Bertz CT molecular complexity index is 1280. The number of carbonyl (C=O) groups is 2. The number of aromatic nitrogens is 4. The van der Waals surface area contributed by atoms with Crippen molar-refractivity contribution in [2.75, 3.05) is 37.9 Å². The van der Waals surface area contributed by atoms with Gasteiger partial charge >= 0.3 is 0 Å². The molecule has 184 valence electrons. The van der Waals surface area contributed by atoms with Crippen molar-refractivity contribution < 1.29 is 19.1 Å². The Hall–Kier alpha value is -3.15. The van der Waals surface area contributed by atoms with E-state index in [9.17, 15) is 9.59 Å². The summed E-state index contributed by atoms with van der Waals surface area (Å²) < 4.78 is 13.4. The van der Waals surface area contributed by atoms with Gasteiger partial charge in [-0.15, -0.1) is 5.10 Å². The Kier molecular flexibility index (Phi) is 7.89. The Morgan fingerprint density at radius 1 is 1.34 bits per heavy atom. The van der Waals surface area contributed by atoms with E-state index in [0.717, 1.165) is 5.69 Å². The van der Waals surface area contributed by atoms with Crippen LogP contribution in [0.5, 0.6) is 5.88 Å². The standard InChI is InChI=1S/C23H25ClN6O4S/c1-14-10-21(30-22(25-14)27-23(28-30)35-3)34-13-18-12-29(8-9-33-18)20(32)7-5-16-4-6-17(24)11-19(16)26-15(2)31/h4-7,10-11,18H,8-9,12-13H2,1-3H3,(H,26,31). The van der Waals surface area contributed by atoms with Crippen LogP contribution < -0.4 is 10.1 Å². The second-order valence-electron chi connectivity index (χ2n) is 7.88. The molecule has 3 aromatic rings. The molecule has 1 unspecified atom stereocenters. The average Bonchev–Trinajstić information content (AvgIpc) is 3.25. The molecular formula is C23H25ClN6O4S. The number of nitrogens with zero attached hydrogens (tertiary/aromatic N) is 5. The number of benzene rings is 1. The molecule has 1 N–H and O–H groups in total. The minimum Gasteiger partial charge on any atom is -0.475 e. The van der Waals surface area contributed by atoms with Gasteiger partial charge in [0.05, 0.1) is 13.2 Å². The minimum atomic E-state index is -0.307. The first kappa shape index (κ1) is 25.0. The number of thioether (sulfide) groups is 1. The van der Waals surface area contributed by atoms with Crippen LogP contribution in [0.3, 0.4) is 0 Å². The summed E-state index contributed by atoms with van der Waals surface area (Å²) in [6.07, 6.45) is 4.73. The molecule has 1 fully saturated rings. The van der Waals surface area contributed by atoms with Gasteiger partial charge in [-0.25, -0.2) is 4.98 Å². The van der Waals surface area contributed by atoms with Gasteiger partial charge < -0.3 is 19.7 Å². The average molecular weight is 517 g/mol. The van der Waals surface area contributed by atoms with Crippen LogP contribution in [0.25, 0.3) is 11.9 Å². The number of nitrogens with one attached hydrogen (secondary N) is 1. The predicted octanol–water partition coefficient (Wildman–Crippen LogP) is 3.09. The monoisotopic (exact) mass is 516 g/mol. The Labute approximate surface area is 211 Å². The summed E-state index contributed by atoms with van der Waals surface area (Å²) in [6, 6.07) is 6.88. The maximum Gasteiger partial charge on any atom is 0.256 e. The molecule has 2 aromatic heterocycles. The summed E-state index contributed by atoms with van der Waals surface area (Å²) in [5.41, 5.74) is 1.99. The molecule has 4 rings (SSSR count). The Morgan fingerprint density at radius 3 is 2.94 bits per heavy atom. The zero-order chi connectivity index (χ0) is 24.9. The number of hydrogen-bond donors (Lipinski definition) is 1. The highest BCUT2D eigenvalue weighted by Gasteiger charge is 2.24. The largest absolute Gasteiger partial charge is 0.475 e. The van der Waals surface area contributed by atoms with Crippen molar-refractivity contribution in [1.29, 1.82) is 0 Å². The van der Waals surface area contributed by atoms with Gasteiger partial charge in [0.15, 0.2) is 0 Å². The van der Waals surface area contributed by atoms with Crippen LogP contribution in [0.1, 0.15) is 18.2 Å². The topological polar surface area (TPSA) is 111 Å². The first-order valence-corrected chi connectivity index (χ1v) is 12.5. The number of fused-ring (bicyclic) bond motifs is 1. The van der Waals surface area contributed by atoms with E-state index in [1.807, 2.05) is 13.2 Å². The predicted molar refractivity (Wildman–Crippen MR) is 134 cm³/mol. The van der Waals surface area contributed by atoms with Crippen molar-refractivity contribution in [1.82, 2.24) is 24.5 Å². The van der Waals surface area contributed by atoms with Gasteiger partial charge in [-0.2, -0.15) is 9.50 Å². The number of hydrogen-bond acceptors (Lipinski definition) is 8. The lowest BCUT2D eigenvalue weighted by atomic mass is 10.1. The molecule has 0 bridgehead atoms. The third kappa shape index (κ3) is 6.30. The number of morpholine rings is 1. The number of anilines is 1. The molecule has 0 radical (unpaired) electrons. The molecule has 1 saturated heterocycles. The van der Waals surface area contributed by atoms with Gasteiger partial charge in [0.25, 0.3) is 5.78 Å². The lowest BCUT2D eigenvalue weighted by Gasteiger charge is -2.32. The summed E-state index contributed by atoms with van der Waals surface area (Å²) in [7, 11) is 0. The second kappa shape index (κ2) is 11.1. The molecule has 1 aromatic carbocycles. The molecule has 3 heterocycles. The molecule has 35 heavy (non-hydrogen) atoms. The van der Waals surface area contributed by atoms with Crippen LogP contribution in [0, 0.1) is 6.92 Å². The first-order chi connectivity index (χ1) is 16.8. The zero-order valence-electron chi connectivity index (χ0n) is 19.5. The van der Waals surface area contributed by atoms with Crippen molar-refractivity contribution in [3.8, 4) is 5.88 Å². The Morgan fingerprint density at radius 2 is 2.17 bits per heavy atom. The van der Waals surface area contributed by atoms with E-state index in [-0.39, 0.29) is 24.5 Å². The van der Waals surface area contributed by atoms with Crippen LogP contribution in [-0.4, -0.2) is 75.0 Å². The number of aryl methyl sites for hydroxylation is 1. The van der Waals surface area contributed by atoms with Gasteiger partial charge in [0.2, 0.25) is 22.9 Å². The maximum absolute atomic E-state index is 12.8. The summed E-state index contributed by atoms with van der Waals surface area (Å²) in [5.74, 6) is 0.601. The van der Waals surface area contributed by atoms with E-state index >= 15 is 0 Å². The molecule has 1 aliphatic rings. The number of halogens is 1. The quantitative estimate of drug-likeness (QED) is 0.377. The molecule has 12 heteroatoms. The van der Waals surface area contributed by atoms with Crippen LogP contribution in [-0.2, 0) is 14.3 Å². The van der Waals surface area contributed by atoms with Gasteiger partial charge in [0, 0.05) is 42.0 Å². The third-order valence-electron chi connectivity index (χ3n) is 5.17. The van der Waals surface area contributed by atoms with Crippen molar-refractivity contribution in [2.45, 2.75) is 25.1 Å². The maximum atomic E-state index is 12.8. The minimum absolute atomic E-state index is 0.162. The van der Waals surface area contributed by atoms with Gasteiger partial charge in [-0.3, -0.25) is 9.59 Å². The molecular weight excluding hydrogens is 492 g/mol. The van der Waals surface area contributed by atoms with Crippen LogP contribution in [0.4, 0.5) is 5.69 Å². The highest BCUT2D eigenvalue weighted by molar-refractivity contribution is 7.98. The molecule has 0 aliphatic carbocycles. The zero-order valence-corrected chi connectivity index (χ0v) is 21.1. The van der Waals surface area contributed by atoms with Crippen LogP contribution >= 0.6 is 23.4 Å². The van der Waals surface area contributed by atoms with E-state index in [0.29, 0.717) is 52.8 Å². The molecule has 0 spiro atoms. The van der Waals surface area contributed by atoms with Crippen molar-refractivity contribution in [3.05, 3.63) is 46.6 Å². The smallest absolute Gasteiger partial charge is 0.256 e. The van der Waals surface area contributed by atoms with E-state index in [1.165, 1.54) is 24.8 Å². The fraction of sp³-hybridized carbons (Fsp3) is 0.348. The third-order valence-corrected chi connectivity index (χ3v) is 5.94. The van der Waals surface area contributed by atoms with Crippen molar-refractivity contribution >= 4 is 52.7 Å². The summed E-state index contributed by atoms with van der Waals surface area (Å²) in [5, 5.41) is 8.22. The lowest BCUT2D eigenvalue weighted by Crippen LogP contribution is -2.47. The molecule has 1 atom stereocenters. The normalized spacial score (nSPS) is 16.1. The fourth-order valence-corrected chi connectivity index (χ4v) is 4.07. The van der Waals surface area contributed by atoms with Crippen LogP contribution in [0.15, 0.2) is 35.5 Å². The summed E-state index contributed by atoms with van der Waals surface area (Å²) in [6.45, 7) is 4.77. The number of amides is 2. The van der Waals surface area contributed by atoms with Gasteiger partial charge in [0.1, 0.15) is 12.7 Å². The molecule has 1 aliphatic heterocycles. The van der Waals surface area contributed by atoms with Gasteiger partial charge in [-0.05, 0) is 37.0 Å². The van der Waals surface area contributed by atoms with E-state index in [4.69, 9.17) is 21.1 Å². The van der Waals surface area contributed by atoms with E-state index in [2.05, 4.69) is 20.4 Å². The molecule has 0 saturated carbocycles. The number of ether oxygens (including phenoxy) is 2. The number of rotatable bonds is 7. The molecule has 2 amide bonds. The Balaban J connectivity index is 1.40.